The first-order chi connectivity index (χ1) is 12.8. The zero-order valence-electron chi connectivity index (χ0n) is 15.1. The summed E-state index contributed by atoms with van der Waals surface area (Å²) in [5.41, 5.74) is 0. The van der Waals surface area contributed by atoms with Gasteiger partial charge in [-0.25, -0.2) is 17.5 Å². The van der Waals surface area contributed by atoms with Gasteiger partial charge in [0.25, 0.3) is 0 Å². The van der Waals surface area contributed by atoms with Crippen LogP contribution in [0, 0.1) is 17.5 Å². The van der Waals surface area contributed by atoms with Crippen LogP contribution in [0.3, 0.4) is 0 Å². The number of allylic oxidation sites excluding steroid dienone is 1. The Bertz CT molecular complexity index is 991. The third-order valence-electron chi connectivity index (χ3n) is 4.52. The maximum atomic E-state index is 13.4. The topological polar surface area (TPSA) is 63.4 Å². The van der Waals surface area contributed by atoms with Crippen LogP contribution in [0.1, 0.15) is 5.82 Å². The minimum atomic E-state index is -3.69. The van der Waals surface area contributed by atoms with Crippen LogP contribution in [-0.2, 0) is 23.2 Å². The Balaban J connectivity index is 1.67. The van der Waals surface area contributed by atoms with E-state index < -0.39 is 15.8 Å². The molecule has 0 atom stereocenters. The maximum absolute atomic E-state index is 13.4. The van der Waals surface area contributed by atoms with E-state index >= 15 is 0 Å². The first-order valence-corrected chi connectivity index (χ1v) is 10.4. The van der Waals surface area contributed by atoms with E-state index in [1.54, 1.807) is 10.8 Å². The number of hydrogen-bond acceptors (Lipinski definition) is 5. The summed E-state index contributed by atoms with van der Waals surface area (Å²) < 4.78 is 44.4. The molecule has 2 aromatic rings. The monoisotopic (exact) mass is 411 g/mol. The molecule has 0 saturated carbocycles. The van der Waals surface area contributed by atoms with Gasteiger partial charge < -0.3 is 4.57 Å². The van der Waals surface area contributed by atoms with Crippen molar-refractivity contribution in [2.75, 3.05) is 26.2 Å². The summed E-state index contributed by atoms with van der Waals surface area (Å²) in [6, 6.07) is 5.10. The average molecular weight is 412 g/mol. The highest BCUT2D eigenvalue weighted by molar-refractivity contribution is 7.89. The third-order valence-corrected chi connectivity index (χ3v) is 6.84. The molecule has 10 heteroatoms. The van der Waals surface area contributed by atoms with Crippen LogP contribution in [0.5, 0.6) is 0 Å². The van der Waals surface area contributed by atoms with E-state index in [1.165, 1.54) is 22.5 Å². The van der Waals surface area contributed by atoms with E-state index in [0.29, 0.717) is 44.2 Å². The predicted octanol–water partition coefficient (Wildman–Crippen LogP) is 2.01. The van der Waals surface area contributed by atoms with E-state index in [-0.39, 0.29) is 4.90 Å². The lowest BCUT2D eigenvalue weighted by molar-refractivity contribution is 0.144. The van der Waals surface area contributed by atoms with Crippen molar-refractivity contribution in [2.24, 2.45) is 0 Å². The zero-order chi connectivity index (χ0) is 19.6. The van der Waals surface area contributed by atoms with Crippen molar-refractivity contribution >= 4 is 22.2 Å². The molecule has 0 aliphatic carbocycles. The van der Waals surface area contributed by atoms with Crippen molar-refractivity contribution in [1.82, 2.24) is 23.6 Å². The van der Waals surface area contributed by atoms with Crippen molar-refractivity contribution in [3.63, 3.8) is 0 Å². The van der Waals surface area contributed by atoms with Gasteiger partial charge in [0.1, 0.15) is 11.6 Å². The first kappa shape index (κ1) is 19.9. The lowest BCUT2D eigenvalue weighted by atomic mass is 10.4. The number of benzene rings is 1. The highest BCUT2D eigenvalue weighted by Gasteiger charge is 2.29. The number of sulfonamides is 1. The molecule has 27 heavy (non-hydrogen) atoms. The Morgan fingerprint density at radius 1 is 1.30 bits per heavy atom. The second kappa shape index (κ2) is 8.01. The maximum Gasteiger partial charge on any atom is 0.243 e. The molecular weight excluding hydrogens is 389 g/mol. The Morgan fingerprint density at radius 3 is 2.63 bits per heavy atom. The van der Waals surface area contributed by atoms with E-state index in [2.05, 4.69) is 16.6 Å². The molecule has 0 radical (unpaired) electrons. The van der Waals surface area contributed by atoms with Crippen molar-refractivity contribution < 1.29 is 12.8 Å². The van der Waals surface area contributed by atoms with Crippen LogP contribution >= 0.6 is 12.2 Å². The fraction of sp³-hybridized carbons (Fsp3) is 0.412. The Hall–Kier alpha value is -1.88. The van der Waals surface area contributed by atoms with Crippen LogP contribution in [-0.4, -0.2) is 58.1 Å². The number of nitrogens with zero attached hydrogens (tertiary/aromatic N) is 5. The molecule has 1 aromatic carbocycles. The SMILES string of the molecule is C=CCn1c(C)nn(CN2CCN(S(=O)(=O)c3cccc(F)c3)CC2)c1=S. The first-order valence-electron chi connectivity index (χ1n) is 8.56. The lowest BCUT2D eigenvalue weighted by Crippen LogP contribution is -2.48. The van der Waals surface area contributed by atoms with E-state index in [0.717, 1.165) is 11.9 Å². The standard InChI is InChI=1S/C17H22FN5O2S2/c1-3-7-22-14(2)19-23(17(22)26)13-20-8-10-21(11-9-20)27(24,25)16-6-4-5-15(18)12-16/h3-6,12H,1,7-11,13H2,2H3. The van der Waals surface area contributed by atoms with Crippen molar-refractivity contribution in [3.05, 3.63) is 53.3 Å². The summed E-state index contributed by atoms with van der Waals surface area (Å²) in [5, 5.41) is 4.46. The number of rotatable bonds is 6. The normalized spacial score (nSPS) is 16.5. The molecule has 0 unspecified atom stereocenters. The molecule has 7 nitrogen and oxygen atoms in total. The fourth-order valence-corrected chi connectivity index (χ4v) is 4.82. The summed E-state index contributed by atoms with van der Waals surface area (Å²) >= 11 is 5.45. The highest BCUT2D eigenvalue weighted by Crippen LogP contribution is 2.18. The van der Waals surface area contributed by atoms with Crippen LogP contribution in [0.4, 0.5) is 4.39 Å². The van der Waals surface area contributed by atoms with Crippen molar-refractivity contribution in [2.45, 2.75) is 25.0 Å². The summed E-state index contributed by atoms with van der Waals surface area (Å²) in [6.07, 6.45) is 1.77. The summed E-state index contributed by atoms with van der Waals surface area (Å²) in [7, 11) is -3.69. The van der Waals surface area contributed by atoms with Crippen molar-refractivity contribution in [1.29, 1.82) is 0 Å². The van der Waals surface area contributed by atoms with E-state index in [1.807, 2.05) is 11.5 Å². The molecule has 1 aliphatic rings. The number of piperazine rings is 1. The molecule has 0 amide bonds. The smallest absolute Gasteiger partial charge is 0.243 e. The number of aryl methyl sites for hydroxylation is 1. The summed E-state index contributed by atoms with van der Waals surface area (Å²) in [4.78, 5) is 2.08. The van der Waals surface area contributed by atoms with Gasteiger partial charge in [0, 0.05) is 32.7 Å². The number of aromatic nitrogens is 3. The van der Waals surface area contributed by atoms with Gasteiger partial charge in [-0.15, -0.1) is 6.58 Å². The fourth-order valence-electron chi connectivity index (χ4n) is 3.06. The van der Waals surface area contributed by atoms with Gasteiger partial charge in [-0.3, -0.25) is 4.90 Å². The van der Waals surface area contributed by atoms with Gasteiger partial charge in [-0.2, -0.15) is 9.40 Å². The Labute approximate surface area is 163 Å². The average Bonchev–Trinajstić information content (AvgIpc) is 2.90. The van der Waals surface area contributed by atoms with Crippen molar-refractivity contribution in [3.8, 4) is 0 Å². The molecule has 146 valence electrons. The predicted molar refractivity (Wildman–Crippen MR) is 103 cm³/mol. The van der Waals surface area contributed by atoms with E-state index in [9.17, 15) is 12.8 Å². The quantitative estimate of drug-likeness (QED) is 0.538. The highest BCUT2D eigenvalue weighted by atomic mass is 32.2. The number of halogens is 1. The Morgan fingerprint density at radius 2 is 2.00 bits per heavy atom. The molecule has 0 bridgehead atoms. The molecule has 1 fully saturated rings. The summed E-state index contributed by atoms with van der Waals surface area (Å²) in [5.74, 6) is 0.252. The van der Waals surface area contributed by atoms with Crippen LogP contribution in [0.25, 0.3) is 0 Å². The zero-order valence-corrected chi connectivity index (χ0v) is 16.7. The van der Waals surface area contributed by atoms with E-state index in [4.69, 9.17) is 12.2 Å². The molecule has 1 aliphatic heterocycles. The van der Waals surface area contributed by atoms with Crippen LogP contribution in [0.15, 0.2) is 41.8 Å². The molecule has 0 N–H and O–H groups in total. The van der Waals surface area contributed by atoms with Crippen LogP contribution < -0.4 is 0 Å². The molecular formula is C17H22FN5O2S2. The summed E-state index contributed by atoms with van der Waals surface area (Å²) in [6.45, 7) is 8.47. The molecule has 1 saturated heterocycles. The van der Waals surface area contributed by atoms with Gasteiger partial charge >= 0.3 is 0 Å². The largest absolute Gasteiger partial charge is 0.300 e. The van der Waals surface area contributed by atoms with Gasteiger partial charge in [0.2, 0.25) is 10.0 Å². The van der Waals surface area contributed by atoms with Crippen LogP contribution in [0.2, 0.25) is 0 Å². The molecule has 1 aromatic heterocycles. The Kier molecular flexibility index (Phi) is 5.89. The second-order valence-electron chi connectivity index (χ2n) is 6.35. The number of hydrogen-bond donors (Lipinski definition) is 0. The minimum Gasteiger partial charge on any atom is -0.300 e. The van der Waals surface area contributed by atoms with Gasteiger partial charge in [0.15, 0.2) is 4.77 Å². The second-order valence-corrected chi connectivity index (χ2v) is 8.65. The molecule has 0 spiro atoms. The van der Waals surface area contributed by atoms with Gasteiger partial charge in [-0.05, 0) is 37.3 Å². The minimum absolute atomic E-state index is 0.0167. The van der Waals surface area contributed by atoms with Gasteiger partial charge in [-0.1, -0.05) is 12.1 Å². The molecule has 2 heterocycles. The lowest BCUT2D eigenvalue weighted by Gasteiger charge is -2.33. The van der Waals surface area contributed by atoms with Gasteiger partial charge in [0.05, 0.1) is 11.6 Å². The third kappa shape index (κ3) is 4.18. The molecule has 3 rings (SSSR count).